The fraction of sp³-hybridized carbons (Fsp3) is 0.357. The van der Waals surface area contributed by atoms with Gasteiger partial charge >= 0.3 is 35.5 Å². The van der Waals surface area contributed by atoms with Crippen LogP contribution >= 0.6 is 47.7 Å². The summed E-state index contributed by atoms with van der Waals surface area (Å²) >= 11 is 4.49. The van der Waals surface area contributed by atoms with Crippen LogP contribution in [0.25, 0.3) is 0 Å². The predicted molar refractivity (Wildman–Crippen MR) is 167 cm³/mol. The van der Waals surface area contributed by atoms with Crippen LogP contribution in [0.3, 0.4) is 0 Å². The average Bonchev–Trinajstić information content (AvgIpc) is 3.61. The Morgan fingerprint density at radius 2 is 1.89 bits per heavy atom. The molecule has 0 radical (unpaired) electrons. The number of amidine groups is 1. The van der Waals surface area contributed by atoms with E-state index in [0.29, 0.717) is 11.6 Å². The number of esters is 1. The summed E-state index contributed by atoms with van der Waals surface area (Å²) in [5, 5.41) is 14.9. The van der Waals surface area contributed by atoms with Gasteiger partial charge in [-0.05, 0) is 17.7 Å². The molecule has 4 aliphatic rings. The van der Waals surface area contributed by atoms with Gasteiger partial charge in [-0.15, -0.1) is 35.9 Å². The van der Waals surface area contributed by atoms with Gasteiger partial charge in [0.25, 0.3) is 5.91 Å². The molecule has 2 saturated heterocycles. The second kappa shape index (κ2) is 16.9. The van der Waals surface area contributed by atoms with Crippen LogP contribution in [0.4, 0.5) is 0 Å². The zero-order valence-corrected chi connectivity index (χ0v) is 29.3. The van der Waals surface area contributed by atoms with Crippen molar-refractivity contribution in [1.29, 1.82) is 0 Å². The number of nitrogens with one attached hydrogen (secondary N) is 1. The summed E-state index contributed by atoms with van der Waals surface area (Å²) in [7, 11) is 0. The first kappa shape index (κ1) is 36.3. The van der Waals surface area contributed by atoms with Crippen LogP contribution in [-0.2, 0) is 23.9 Å². The molecule has 16 heteroatoms. The zero-order valence-electron chi connectivity index (χ0n) is 24.0. The Kier molecular flexibility index (Phi) is 13.9. The van der Waals surface area contributed by atoms with Gasteiger partial charge in [0, 0.05) is 54.4 Å². The van der Waals surface area contributed by atoms with Gasteiger partial charge in [0.1, 0.15) is 18.0 Å². The molecule has 2 fully saturated rings. The van der Waals surface area contributed by atoms with Gasteiger partial charge in [-0.1, -0.05) is 42.1 Å². The monoisotopic (exact) mass is 685 g/mol. The number of carbonyl (C=O) groups is 4. The Hall–Kier alpha value is -2.20. The van der Waals surface area contributed by atoms with Crippen molar-refractivity contribution >= 4 is 76.6 Å². The van der Waals surface area contributed by atoms with E-state index in [9.17, 15) is 24.3 Å². The van der Waals surface area contributed by atoms with Crippen LogP contribution in [0.2, 0.25) is 0 Å². The molecule has 1 aromatic carbocycles. The maximum absolute atomic E-state index is 12.5. The van der Waals surface area contributed by atoms with E-state index in [0.717, 1.165) is 16.3 Å². The fourth-order valence-corrected chi connectivity index (χ4v) is 7.80. The molecule has 3 atom stereocenters. The van der Waals surface area contributed by atoms with E-state index in [1.165, 1.54) is 53.5 Å². The second-order valence-electron chi connectivity index (χ2n) is 9.58. The number of aromatic nitrogens is 1. The number of fused-ring (bicyclic) bond motifs is 2. The number of hydrogen-bond donors (Lipinski definition) is 1. The summed E-state index contributed by atoms with van der Waals surface area (Å²) in [6, 6.07) is 13.7. The Morgan fingerprint density at radius 3 is 2.55 bits per heavy atom. The number of halogens is 1. The second-order valence-corrected chi connectivity index (χ2v) is 12.8. The Morgan fingerprint density at radius 1 is 1.16 bits per heavy atom. The summed E-state index contributed by atoms with van der Waals surface area (Å²) in [5.41, 5.74) is 1.35. The molecule has 2 aromatic rings. The molecule has 2 amide bonds. The summed E-state index contributed by atoms with van der Waals surface area (Å²) < 4.78 is 4.85. The molecule has 44 heavy (non-hydrogen) atoms. The van der Waals surface area contributed by atoms with E-state index in [2.05, 4.69) is 45.5 Å². The van der Waals surface area contributed by atoms with Crippen LogP contribution in [0.1, 0.15) is 18.5 Å². The quantitative estimate of drug-likeness (QED) is 0.154. The summed E-state index contributed by atoms with van der Waals surface area (Å²) in [4.78, 5) is 60.1. The van der Waals surface area contributed by atoms with Crippen molar-refractivity contribution in [3.8, 4) is 0 Å². The van der Waals surface area contributed by atoms with E-state index >= 15 is 0 Å². The molecule has 4 aliphatic heterocycles. The third-order valence-corrected chi connectivity index (χ3v) is 10.1. The number of thioether (sulfide) groups is 3. The van der Waals surface area contributed by atoms with Crippen molar-refractivity contribution in [2.75, 3.05) is 37.0 Å². The number of ether oxygens (including phenoxy) is 1. The number of rotatable bonds is 8. The third kappa shape index (κ3) is 8.74. The minimum atomic E-state index is -1.51. The van der Waals surface area contributed by atoms with Gasteiger partial charge in [0.2, 0.25) is 5.91 Å². The zero-order chi connectivity index (χ0) is 29.6. The molecule has 11 nitrogen and oxygen atoms in total. The number of hydrogen-bond acceptors (Lipinski definition) is 12. The first-order valence-electron chi connectivity index (χ1n) is 13.2. The largest absolute Gasteiger partial charge is 1.00 e. The number of β-lactam (4-membered cyclic amide) rings is 1. The normalized spacial score (nSPS) is 21.2. The van der Waals surface area contributed by atoms with Gasteiger partial charge in [0.05, 0.1) is 23.5 Å². The van der Waals surface area contributed by atoms with E-state index in [1.54, 1.807) is 24.5 Å². The molecule has 0 spiro atoms. The molecule has 228 valence electrons. The molecule has 6 rings (SSSR count). The first-order chi connectivity index (χ1) is 20.3. The van der Waals surface area contributed by atoms with Gasteiger partial charge in [0.15, 0.2) is 5.17 Å². The van der Waals surface area contributed by atoms with Crippen LogP contribution in [0.5, 0.6) is 0 Å². The van der Waals surface area contributed by atoms with Crippen molar-refractivity contribution in [3.05, 3.63) is 71.7 Å². The number of pyridine rings is 1. The first-order valence-corrected chi connectivity index (χ1v) is 16.2. The SMILES string of the molecule is CC(=O)OCC1=C(C(=O)[O-])N2C(=O)[C@@H](NC(=O)CSc3ccncc3)[C@H]2SC1.Cl.[Na+].c1ccc(C2CN3CCSC3=N2)cc1. The van der Waals surface area contributed by atoms with Gasteiger partial charge in [-0.3, -0.25) is 29.3 Å². The van der Waals surface area contributed by atoms with Crippen molar-refractivity contribution < 1.29 is 58.6 Å². The van der Waals surface area contributed by atoms with Gasteiger partial charge in [-0.25, -0.2) is 0 Å². The summed E-state index contributed by atoms with van der Waals surface area (Å²) in [6.45, 7) is 3.24. The topological polar surface area (TPSA) is 144 Å². The number of benzene rings is 1. The summed E-state index contributed by atoms with van der Waals surface area (Å²) in [6.07, 6.45) is 3.24. The molecule has 0 aliphatic carbocycles. The van der Waals surface area contributed by atoms with Crippen LogP contribution in [-0.4, -0.2) is 92.1 Å². The molecular formula is C28H29ClN5NaO6S3. The number of carboxylic acids is 1. The Labute approximate surface area is 296 Å². The predicted octanol–water partition coefficient (Wildman–Crippen LogP) is -1.29. The third-order valence-electron chi connectivity index (χ3n) is 6.73. The number of amides is 2. The van der Waals surface area contributed by atoms with Gasteiger partial charge in [-0.2, -0.15) is 0 Å². The smallest absolute Gasteiger partial charge is 0.543 e. The standard InChI is InChI=1S/C17H17N3O6S2.C11H12N2S.ClH.Na/c1-9(21)26-6-10-7-28-16-13(15(23)20(16)14(10)17(24)25)19-12(22)8-27-11-2-4-18-5-3-11;1-2-4-9(5-3-1)10-8-13-6-7-14-11(13)12-10;;/h2-5,13,16H,6-8H2,1H3,(H,19,22)(H,24,25);1-5,10H,6-8H2;1H;/q;;;+1/p-1/t13-,16-;;;/m1.../s1. The van der Waals surface area contributed by atoms with E-state index in [-0.39, 0.29) is 71.7 Å². The molecule has 0 bridgehead atoms. The average molecular weight is 686 g/mol. The number of aliphatic carboxylic acids is 1. The van der Waals surface area contributed by atoms with Crippen molar-refractivity contribution in [3.63, 3.8) is 0 Å². The Balaban J connectivity index is 0.000000277. The van der Waals surface area contributed by atoms with Crippen molar-refractivity contribution in [1.82, 2.24) is 20.1 Å². The molecular weight excluding hydrogens is 657 g/mol. The molecule has 1 unspecified atom stereocenters. The maximum Gasteiger partial charge on any atom is 1.00 e. The van der Waals surface area contributed by atoms with Gasteiger partial charge < -0.3 is 24.9 Å². The van der Waals surface area contributed by atoms with Crippen LogP contribution < -0.4 is 40.0 Å². The maximum atomic E-state index is 12.5. The number of carbonyl (C=O) groups excluding carboxylic acids is 4. The van der Waals surface area contributed by atoms with E-state index in [1.807, 2.05) is 11.8 Å². The molecule has 5 heterocycles. The minimum Gasteiger partial charge on any atom is -0.543 e. The summed E-state index contributed by atoms with van der Waals surface area (Å²) in [5.74, 6) is -1.35. The van der Waals surface area contributed by atoms with Crippen LogP contribution in [0.15, 0.2) is 76.0 Å². The number of nitrogens with zero attached hydrogens (tertiary/aromatic N) is 4. The number of aliphatic imine (C=N–C) groups is 1. The minimum absolute atomic E-state index is 0. The van der Waals surface area contributed by atoms with E-state index < -0.39 is 29.3 Å². The fourth-order valence-electron chi connectivity index (χ4n) is 4.73. The Bertz CT molecular complexity index is 1420. The molecule has 0 saturated carbocycles. The van der Waals surface area contributed by atoms with Crippen LogP contribution in [0, 0.1) is 0 Å². The van der Waals surface area contributed by atoms with E-state index in [4.69, 9.17) is 9.73 Å². The van der Waals surface area contributed by atoms with Crippen molar-refractivity contribution in [2.24, 2.45) is 4.99 Å². The molecule has 1 N–H and O–H groups in total. The molecule has 1 aromatic heterocycles. The number of carboxylic acid groups (broad SMARTS) is 1. The van der Waals surface area contributed by atoms with Crippen molar-refractivity contribution in [2.45, 2.75) is 29.3 Å².